The molecule has 0 amide bonds. The van der Waals surface area contributed by atoms with Crippen molar-refractivity contribution in [2.24, 2.45) is 10.9 Å². The molecule has 0 radical (unpaired) electrons. The molecular formula is C12H19N3O4. The number of aliphatic hydroxyl groups excluding tert-OH is 2. The van der Waals surface area contributed by atoms with Crippen molar-refractivity contribution in [2.45, 2.75) is 12.6 Å². The van der Waals surface area contributed by atoms with E-state index in [1.165, 1.54) is 7.11 Å². The molecule has 7 heteroatoms. The van der Waals surface area contributed by atoms with E-state index in [9.17, 15) is 0 Å². The van der Waals surface area contributed by atoms with Gasteiger partial charge in [0.2, 0.25) is 0 Å². The third kappa shape index (κ3) is 4.09. The van der Waals surface area contributed by atoms with Crippen molar-refractivity contribution in [3.05, 3.63) is 29.3 Å². The second kappa shape index (κ2) is 7.57. The van der Waals surface area contributed by atoms with Gasteiger partial charge in [-0.3, -0.25) is 0 Å². The van der Waals surface area contributed by atoms with E-state index < -0.39 is 6.04 Å². The van der Waals surface area contributed by atoms with Gasteiger partial charge in [0.05, 0.1) is 26.4 Å². The number of ether oxygens (including phenoxy) is 1. The summed E-state index contributed by atoms with van der Waals surface area (Å²) < 4.78 is 5.21. The van der Waals surface area contributed by atoms with Crippen LogP contribution in [0.3, 0.4) is 0 Å². The molecule has 0 saturated heterocycles. The van der Waals surface area contributed by atoms with E-state index in [1.54, 1.807) is 18.2 Å². The lowest BCUT2D eigenvalue weighted by atomic mass is 10.1. The predicted octanol–water partition coefficient (Wildman–Crippen LogP) is -0.767. The predicted molar refractivity (Wildman–Crippen MR) is 70.3 cm³/mol. The molecule has 7 nitrogen and oxygen atoms in total. The molecule has 19 heavy (non-hydrogen) atoms. The highest BCUT2D eigenvalue weighted by Crippen LogP contribution is 2.19. The first-order valence-corrected chi connectivity index (χ1v) is 5.76. The summed E-state index contributed by atoms with van der Waals surface area (Å²) in [6.07, 6.45) is 0. The number of nitrogens with one attached hydrogen (secondary N) is 1. The standard InChI is InChI=1S/C12H19N3O4/c1-19-11-3-2-8(12(13)15-18)4-9(11)5-14-10(6-16)7-17/h2-4,10,14,16-18H,5-7H2,1H3,(H2,13,15). The molecule has 0 unspecified atom stereocenters. The lowest BCUT2D eigenvalue weighted by Crippen LogP contribution is -2.35. The Morgan fingerprint density at radius 2 is 2.11 bits per heavy atom. The van der Waals surface area contributed by atoms with E-state index in [2.05, 4.69) is 10.5 Å². The minimum absolute atomic E-state index is 0.00442. The minimum atomic E-state index is -0.405. The summed E-state index contributed by atoms with van der Waals surface area (Å²) in [5.74, 6) is 0.640. The van der Waals surface area contributed by atoms with Gasteiger partial charge >= 0.3 is 0 Å². The smallest absolute Gasteiger partial charge is 0.170 e. The van der Waals surface area contributed by atoms with Crippen LogP contribution in [-0.2, 0) is 6.54 Å². The fourth-order valence-corrected chi connectivity index (χ4v) is 1.57. The zero-order valence-electron chi connectivity index (χ0n) is 10.7. The molecule has 6 N–H and O–H groups in total. The summed E-state index contributed by atoms with van der Waals surface area (Å²) in [6, 6.07) is 4.69. The first-order chi connectivity index (χ1) is 9.15. The van der Waals surface area contributed by atoms with Crippen LogP contribution in [0.15, 0.2) is 23.4 Å². The van der Waals surface area contributed by atoms with Gasteiger partial charge in [-0.25, -0.2) is 0 Å². The number of nitrogens with zero attached hydrogens (tertiary/aromatic N) is 1. The summed E-state index contributed by atoms with van der Waals surface area (Å²) in [4.78, 5) is 0. The van der Waals surface area contributed by atoms with E-state index >= 15 is 0 Å². The van der Waals surface area contributed by atoms with Gasteiger partial charge in [-0.15, -0.1) is 0 Å². The zero-order chi connectivity index (χ0) is 14.3. The van der Waals surface area contributed by atoms with Crippen molar-refractivity contribution < 1.29 is 20.2 Å². The summed E-state index contributed by atoms with van der Waals surface area (Å²) in [5, 5.41) is 32.5. The van der Waals surface area contributed by atoms with Crippen LogP contribution in [0.1, 0.15) is 11.1 Å². The van der Waals surface area contributed by atoms with Gasteiger partial charge in [0.1, 0.15) is 5.75 Å². The van der Waals surface area contributed by atoms with Gasteiger partial charge in [0.25, 0.3) is 0 Å². The first-order valence-electron chi connectivity index (χ1n) is 5.76. The van der Waals surface area contributed by atoms with Gasteiger partial charge in [0, 0.05) is 17.7 Å². The number of amidine groups is 1. The largest absolute Gasteiger partial charge is 0.496 e. The van der Waals surface area contributed by atoms with Gasteiger partial charge in [-0.1, -0.05) is 5.16 Å². The van der Waals surface area contributed by atoms with Crippen molar-refractivity contribution in [1.82, 2.24) is 5.32 Å². The number of benzene rings is 1. The van der Waals surface area contributed by atoms with E-state index in [-0.39, 0.29) is 19.0 Å². The summed E-state index contributed by atoms with van der Waals surface area (Å²) >= 11 is 0. The summed E-state index contributed by atoms with van der Waals surface area (Å²) in [5.41, 5.74) is 6.86. The van der Waals surface area contributed by atoms with E-state index in [0.29, 0.717) is 17.9 Å². The molecule has 0 aliphatic carbocycles. The topological polar surface area (TPSA) is 120 Å². The molecule has 0 atom stereocenters. The van der Waals surface area contributed by atoms with Crippen LogP contribution in [-0.4, -0.2) is 47.6 Å². The lowest BCUT2D eigenvalue weighted by Gasteiger charge is -2.15. The average Bonchev–Trinajstić information content (AvgIpc) is 2.47. The van der Waals surface area contributed by atoms with E-state index in [4.69, 9.17) is 25.9 Å². The van der Waals surface area contributed by atoms with E-state index in [1.807, 2.05) is 0 Å². The third-order valence-electron chi connectivity index (χ3n) is 2.71. The molecule has 0 saturated carbocycles. The van der Waals surface area contributed by atoms with Crippen LogP contribution in [0.5, 0.6) is 5.75 Å². The Morgan fingerprint density at radius 3 is 2.63 bits per heavy atom. The van der Waals surface area contributed by atoms with Crippen LogP contribution in [0, 0.1) is 0 Å². The highest BCUT2D eigenvalue weighted by atomic mass is 16.5. The van der Waals surface area contributed by atoms with Crippen molar-refractivity contribution in [1.29, 1.82) is 0 Å². The molecule has 0 aliphatic heterocycles. The number of rotatable bonds is 7. The van der Waals surface area contributed by atoms with Crippen LogP contribution >= 0.6 is 0 Å². The minimum Gasteiger partial charge on any atom is -0.496 e. The quantitative estimate of drug-likeness (QED) is 0.192. The van der Waals surface area contributed by atoms with Crippen molar-refractivity contribution >= 4 is 5.84 Å². The van der Waals surface area contributed by atoms with Gasteiger partial charge < -0.3 is 31.2 Å². The van der Waals surface area contributed by atoms with Crippen LogP contribution in [0.2, 0.25) is 0 Å². The molecule has 1 aromatic carbocycles. The Hall–Kier alpha value is -1.83. The summed E-state index contributed by atoms with van der Waals surface area (Å²) in [7, 11) is 1.54. The van der Waals surface area contributed by atoms with Gasteiger partial charge in [0.15, 0.2) is 5.84 Å². The monoisotopic (exact) mass is 269 g/mol. The maximum Gasteiger partial charge on any atom is 0.170 e. The fraction of sp³-hybridized carbons (Fsp3) is 0.417. The molecule has 1 rings (SSSR count). The van der Waals surface area contributed by atoms with Crippen molar-refractivity contribution in [3.63, 3.8) is 0 Å². The Morgan fingerprint density at radius 1 is 1.42 bits per heavy atom. The maximum atomic E-state index is 8.99. The fourth-order valence-electron chi connectivity index (χ4n) is 1.57. The second-order valence-corrected chi connectivity index (χ2v) is 3.95. The number of hydrogen-bond donors (Lipinski definition) is 5. The molecule has 0 aromatic heterocycles. The second-order valence-electron chi connectivity index (χ2n) is 3.95. The van der Waals surface area contributed by atoms with Gasteiger partial charge in [-0.05, 0) is 18.2 Å². The highest BCUT2D eigenvalue weighted by Gasteiger charge is 2.10. The van der Waals surface area contributed by atoms with E-state index in [0.717, 1.165) is 5.56 Å². The molecular weight excluding hydrogens is 250 g/mol. The molecule has 106 valence electrons. The Bertz CT molecular complexity index is 433. The van der Waals surface area contributed by atoms with Crippen LogP contribution in [0.4, 0.5) is 0 Å². The highest BCUT2D eigenvalue weighted by molar-refractivity contribution is 5.97. The first kappa shape index (κ1) is 15.2. The molecule has 0 heterocycles. The maximum absolute atomic E-state index is 8.99. The van der Waals surface area contributed by atoms with Crippen LogP contribution < -0.4 is 15.8 Å². The van der Waals surface area contributed by atoms with Crippen LogP contribution in [0.25, 0.3) is 0 Å². The molecule has 0 spiro atoms. The van der Waals surface area contributed by atoms with Crippen molar-refractivity contribution in [3.8, 4) is 5.75 Å². The summed E-state index contributed by atoms with van der Waals surface area (Å²) in [6.45, 7) is 0.0407. The van der Waals surface area contributed by atoms with Gasteiger partial charge in [-0.2, -0.15) is 0 Å². The zero-order valence-corrected chi connectivity index (χ0v) is 10.7. The molecule has 0 bridgehead atoms. The Labute approximate surface area is 111 Å². The van der Waals surface area contributed by atoms with Crippen molar-refractivity contribution in [2.75, 3.05) is 20.3 Å². The third-order valence-corrected chi connectivity index (χ3v) is 2.71. The number of aliphatic hydroxyl groups is 2. The molecule has 0 aliphatic rings. The number of oxime groups is 1. The normalized spacial score (nSPS) is 11.9. The lowest BCUT2D eigenvalue weighted by molar-refractivity contribution is 0.170. The Balaban J connectivity index is 2.90. The SMILES string of the molecule is COc1ccc(/C(N)=N/O)cc1CNC(CO)CO. The Kier molecular flexibility index (Phi) is 6.07. The number of nitrogens with two attached hydrogens (primary N) is 1. The average molecular weight is 269 g/mol. The number of methoxy groups -OCH3 is 1. The molecule has 1 aromatic rings. The molecule has 0 fully saturated rings. The number of hydrogen-bond acceptors (Lipinski definition) is 6.